The molecule has 0 radical (unpaired) electrons. The van der Waals surface area contributed by atoms with Crippen LogP contribution < -0.4 is 29.6 Å². The van der Waals surface area contributed by atoms with Crippen LogP contribution in [-0.2, 0) is 14.6 Å². The molecule has 0 saturated carbocycles. The number of unbranched alkanes of at least 4 members (excludes halogenated alkanes) is 21. The van der Waals surface area contributed by atoms with Gasteiger partial charge in [0.25, 0.3) is 0 Å². The molecule has 0 rings (SSSR count). The quantitative estimate of drug-likeness (QED) is 0.0352. The van der Waals surface area contributed by atoms with E-state index in [0.717, 1.165) is 19.3 Å². The molecule has 0 aromatic heterocycles. The van der Waals surface area contributed by atoms with Crippen molar-refractivity contribution in [3.05, 3.63) is 12.2 Å². The van der Waals surface area contributed by atoms with E-state index < -0.39 is 10.4 Å². The minimum absolute atomic E-state index is 0. The second-order valence-electron chi connectivity index (χ2n) is 10.5. The Morgan fingerprint density at radius 1 is 0.611 bits per heavy atom. The van der Waals surface area contributed by atoms with Crippen LogP contribution in [0.25, 0.3) is 0 Å². The van der Waals surface area contributed by atoms with E-state index >= 15 is 0 Å². The molecule has 0 aliphatic heterocycles. The molecule has 0 amide bonds. The molecule has 1 unspecified atom stereocenters. The normalized spacial score (nSPS) is 12.8. The molecule has 4 nitrogen and oxygen atoms in total. The van der Waals surface area contributed by atoms with E-state index in [1.807, 2.05) is 0 Å². The predicted molar refractivity (Wildman–Crippen MR) is 150 cm³/mol. The van der Waals surface area contributed by atoms with Gasteiger partial charge < -0.3 is 4.55 Å². The summed E-state index contributed by atoms with van der Waals surface area (Å²) in [4.78, 5) is 0. The minimum Gasteiger partial charge on any atom is -0.726 e. The Morgan fingerprint density at radius 2 is 0.972 bits per heavy atom. The van der Waals surface area contributed by atoms with Crippen molar-refractivity contribution in [1.29, 1.82) is 0 Å². The third-order valence-electron chi connectivity index (χ3n) is 6.99. The summed E-state index contributed by atoms with van der Waals surface area (Å²) in [5.74, 6) is 0.0186. The Labute approximate surface area is 248 Å². The molecule has 0 fully saturated rings. The fourth-order valence-corrected chi connectivity index (χ4v) is 5.03. The van der Waals surface area contributed by atoms with Crippen molar-refractivity contribution in [1.82, 2.24) is 0 Å². The molecule has 0 spiro atoms. The predicted octanol–water partition coefficient (Wildman–Crippen LogP) is 7.04. The van der Waals surface area contributed by atoms with E-state index in [-0.39, 0.29) is 42.1 Å². The summed E-state index contributed by atoms with van der Waals surface area (Å²) in [6, 6.07) is 0. The minimum atomic E-state index is -4.61. The molecule has 0 aromatic carbocycles. The van der Waals surface area contributed by atoms with Crippen LogP contribution in [-0.4, -0.2) is 19.6 Å². The first-order valence-electron chi connectivity index (χ1n) is 15.3. The van der Waals surface area contributed by atoms with Crippen molar-refractivity contribution in [2.24, 2.45) is 5.92 Å². The van der Waals surface area contributed by atoms with Gasteiger partial charge in [-0.1, -0.05) is 161 Å². The van der Waals surface area contributed by atoms with Crippen molar-refractivity contribution in [3.8, 4) is 0 Å². The average molecular weight is 539 g/mol. The van der Waals surface area contributed by atoms with E-state index in [9.17, 15) is 13.0 Å². The average Bonchev–Trinajstić information content (AvgIpc) is 2.82. The maximum Gasteiger partial charge on any atom is 1.00 e. The SMILES string of the molecule is CCCCCCCCCCCCCC/C=C/C(CCCCCCCCCCCC)COS(=O)(=O)[O-].[Na+]. The summed E-state index contributed by atoms with van der Waals surface area (Å²) in [6.45, 7) is 4.50. The summed E-state index contributed by atoms with van der Waals surface area (Å²) >= 11 is 0. The van der Waals surface area contributed by atoms with E-state index in [1.54, 1.807) is 0 Å². The topological polar surface area (TPSA) is 66.4 Å². The maximum atomic E-state index is 10.9. The Kier molecular flexibility index (Phi) is 32.5. The van der Waals surface area contributed by atoms with Crippen molar-refractivity contribution in [3.63, 3.8) is 0 Å². The van der Waals surface area contributed by atoms with Gasteiger partial charge in [0.05, 0.1) is 6.61 Å². The molecule has 1 atom stereocenters. The van der Waals surface area contributed by atoms with Gasteiger partial charge in [0, 0.05) is 5.92 Å². The summed E-state index contributed by atoms with van der Waals surface area (Å²) in [5.41, 5.74) is 0. The smallest absolute Gasteiger partial charge is 0.726 e. The van der Waals surface area contributed by atoms with Crippen LogP contribution in [0.2, 0.25) is 0 Å². The van der Waals surface area contributed by atoms with Gasteiger partial charge in [0.15, 0.2) is 0 Å². The molecule has 0 saturated heterocycles. The molecule has 0 aromatic rings. The van der Waals surface area contributed by atoms with Crippen LogP contribution in [0.4, 0.5) is 0 Å². The van der Waals surface area contributed by atoms with E-state index in [2.05, 4.69) is 30.2 Å². The summed E-state index contributed by atoms with van der Waals surface area (Å²) in [5, 5.41) is 0. The largest absolute Gasteiger partial charge is 1.00 e. The zero-order valence-electron chi connectivity index (χ0n) is 24.5. The molecule has 0 N–H and O–H groups in total. The Morgan fingerprint density at radius 3 is 1.36 bits per heavy atom. The monoisotopic (exact) mass is 538 g/mol. The van der Waals surface area contributed by atoms with E-state index in [4.69, 9.17) is 0 Å². The van der Waals surface area contributed by atoms with Crippen molar-refractivity contribution < 1.29 is 46.7 Å². The van der Waals surface area contributed by atoms with Gasteiger partial charge in [-0.2, -0.15) is 0 Å². The second-order valence-corrected chi connectivity index (χ2v) is 11.6. The van der Waals surface area contributed by atoms with Gasteiger partial charge in [0.2, 0.25) is 10.4 Å². The van der Waals surface area contributed by atoms with Crippen LogP contribution >= 0.6 is 0 Å². The zero-order valence-corrected chi connectivity index (χ0v) is 27.3. The van der Waals surface area contributed by atoms with Crippen LogP contribution in [0, 0.1) is 5.92 Å². The number of allylic oxidation sites excluding steroid dienone is 1. The molecule has 0 aliphatic rings. The maximum absolute atomic E-state index is 10.9. The molecular formula is C30H59NaO4S. The fourth-order valence-electron chi connectivity index (χ4n) is 4.69. The summed E-state index contributed by atoms with van der Waals surface area (Å²) < 4.78 is 37.2. The first kappa shape index (κ1) is 38.8. The van der Waals surface area contributed by atoms with Crippen molar-refractivity contribution >= 4 is 10.4 Å². The summed E-state index contributed by atoms with van der Waals surface area (Å²) in [7, 11) is -4.61. The van der Waals surface area contributed by atoms with Crippen LogP contribution in [0.15, 0.2) is 12.2 Å². The molecule has 0 aliphatic carbocycles. The molecule has 6 heteroatoms. The standard InChI is InChI=1S/C30H60O4S.Na/c1-3-5-7-9-11-13-15-16-17-18-20-22-24-26-28-30(29-34-35(31,32)33)27-25-23-21-19-14-12-10-8-6-4-2;/h26,28,30H,3-25,27,29H2,1-2H3,(H,31,32,33);/q;+1/p-1/b28-26+;. The van der Waals surface area contributed by atoms with Crippen molar-refractivity contribution in [2.75, 3.05) is 6.61 Å². The van der Waals surface area contributed by atoms with Crippen LogP contribution in [0.3, 0.4) is 0 Å². The van der Waals surface area contributed by atoms with Crippen LogP contribution in [0.1, 0.15) is 168 Å². The Bertz CT molecular complexity index is 551. The number of hydrogen-bond donors (Lipinski definition) is 0. The third kappa shape index (κ3) is 32.6. The van der Waals surface area contributed by atoms with Gasteiger partial charge in [-0.05, 0) is 19.3 Å². The van der Waals surface area contributed by atoms with Gasteiger partial charge in [-0.25, -0.2) is 8.42 Å². The number of hydrogen-bond acceptors (Lipinski definition) is 4. The first-order valence-corrected chi connectivity index (χ1v) is 16.6. The van der Waals surface area contributed by atoms with Gasteiger partial charge in [0.1, 0.15) is 0 Å². The summed E-state index contributed by atoms with van der Waals surface area (Å²) in [6.07, 6.45) is 35.1. The molecular weight excluding hydrogens is 479 g/mol. The third-order valence-corrected chi connectivity index (χ3v) is 7.41. The van der Waals surface area contributed by atoms with Gasteiger partial charge >= 0.3 is 29.6 Å². The van der Waals surface area contributed by atoms with Crippen molar-refractivity contribution in [2.45, 2.75) is 168 Å². The molecule has 36 heavy (non-hydrogen) atoms. The van der Waals surface area contributed by atoms with Gasteiger partial charge in [-0.3, -0.25) is 4.18 Å². The second kappa shape index (κ2) is 30.2. The molecule has 210 valence electrons. The molecule has 0 heterocycles. The fraction of sp³-hybridized carbons (Fsp3) is 0.933. The molecule has 0 bridgehead atoms. The van der Waals surface area contributed by atoms with E-state index in [1.165, 1.54) is 135 Å². The number of rotatable bonds is 28. The Balaban J connectivity index is 0. The first-order chi connectivity index (χ1) is 17.0. The van der Waals surface area contributed by atoms with E-state index in [0.29, 0.717) is 0 Å². The zero-order chi connectivity index (χ0) is 25.9. The van der Waals surface area contributed by atoms with Gasteiger partial charge in [-0.15, -0.1) is 0 Å². The Hall–Kier alpha value is 0.610. The van der Waals surface area contributed by atoms with Crippen LogP contribution in [0.5, 0.6) is 0 Å².